The molecule has 0 unspecified atom stereocenters. The zero-order chi connectivity index (χ0) is 30.5. The Kier molecular flexibility index (Phi) is 15.4. The van der Waals surface area contributed by atoms with E-state index in [0.29, 0.717) is 6.54 Å². The average Bonchev–Trinajstić information content (AvgIpc) is 3.71. The number of hydrogen-bond donors (Lipinski definition) is 1. The van der Waals surface area contributed by atoms with Gasteiger partial charge in [0.2, 0.25) is 0 Å². The molecule has 1 atom stereocenters. The van der Waals surface area contributed by atoms with Crippen LogP contribution in [-0.2, 0) is 34.9 Å². The molecule has 4 nitrogen and oxygen atoms in total. The summed E-state index contributed by atoms with van der Waals surface area (Å²) in [4.78, 5) is 16.4. The van der Waals surface area contributed by atoms with Crippen molar-refractivity contribution < 1.29 is 26.6 Å². The van der Waals surface area contributed by atoms with E-state index in [1.165, 1.54) is 32.8 Å². The van der Waals surface area contributed by atoms with Gasteiger partial charge in [0.15, 0.2) is 0 Å². The normalized spacial score (nSPS) is 16.1. The predicted octanol–water partition coefficient (Wildman–Crippen LogP) is 8.43. The second kappa shape index (κ2) is 18.7. The van der Waals surface area contributed by atoms with Crippen LogP contribution in [0.2, 0.25) is 0 Å². The molecule has 0 aliphatic heterocycles. The molecule has 2 aliphatic rings. The first-order valence-electron chi connectivity index (χ1n) is 14.7. The molecule has 6 heteroatoms. The number of carbonyl (C=O) groups is 1. The Bertz CT molecular complexity index is 1160. The van der Waals surface area contributed by atoms with Gasteiger partial charge in [-0.3, -0.25) is 4.90 Å². The van der Waals surface area contributed by atoms with Crippen molar-refractivity contribution in [1.82, 2.24) is 10.2 Å². The first-order valence-corrected chi connectivity index (χ1v) is 15.5. The SMILES string of the molecule is Cc1ccc(S[C]2[CH][CH][CH][C]2[C@H](CNC(=O)OC(C)(C)C)N(Cc2ccccc2)Cc2ccccc2)cc1.[CH]1[CH][CH][CH][CH]1.[Fe+2]. The summed E-state index contributed by atoms with van der Waals surface area (Å²) in [6, 6.07) is 29.6. The summed E-state index contributed by atoms with van der Waals surface area (Å²) in [6.07, 6.45) is 16.1. The number of thioether (sulfide) groups is 1. The van der Waals surface area contributed by atoms with E-state index in [9.17, 15) is 4.79 Å². The summed E-state index contributed by atoms with van der Waals surface area (Å²) in [6.45, 7) is 9.68. The number of benzene rings is 3. The molecule has 0 saturated heterocycles. The number of hydrogen-bond acceptors (Lipinski definition) is 4. The quantitative estimate of drug-likeness (QED) is 0.225. The zero-order valence-corrected chi connectivity index (χ0v) is 27.8. The fourth-order valence-electron chi connectivity index (χ4n) is 4.68. The minimum absolute atomic E-state index is 0. The molecule has 2 aliphatic carbocycles. The van der Waals surface area contributed by atoms with Crippen LogP contribution >= 0.6 is 11.8 Å². The molecule has 0 spiro atoms. The van der Waals surface area contributed by atoms with E-state index in [0.717, 1.165) is 13.1 Å². The second-order valence-electron chi connectivity index (χ2n) is 11.5. The van der Waals surface area contributed by atoms with Crippen LogP contribution in [0.15, 0.2) is 89.8 Å². The van der Waals surface area contributed by atoms with Crippen LogP contribution < -0.4 is 5.32 Å². The van der Waals surface area contributed by atoms with Crippen LogP contribution in [0.5, 0.6) is 0 Å². The summed E-state index contributed by atoms with van der Waals surface area (Å²) in [5.74, 6) is 1.19. The van der Waals surface area contributed by atoms with Crippen LogP contribution in [0.3, 0.4) is 0 Å². The number of amides is 1. The van der Waals surface area contributed by atoms with Crippen molar-refractivity contribution >= 4 is 17.9 Å². The van der Waals surface area contributed by atoms with E-state index in [-0.39, 0.29) is 23.1 Å². The molecular formula is C38H42FeN2O2S+2. The summed E-state index contributed by atoms with van der Waals surface area (Å²) in [5, 5.41) is 4.26. The molecule has 10 radical (unpaired) electrons. The number of ether oxygens (including phenoxy) is 1. The zero-order valence-electron chi connectivity index (χ0n) is 25.9. The average molecular weight is 647 g/mol. The third-order valence-electron chi connectivity index (χ3n) is 6.71. The number of nitrogens with one attached hydrogen (secondary N) is 1. The van der Waals surface area contributed by atoms with Crippen molar-refractivity contribution in [3.05, 3.63) is 164 Å². The Labute approximate surface area is 281 Å². The summed E-state index contributed by atoms with van der Waals surface area (Å²) < 4.78 is 5.59. The molecule has 2 saturated carbocycles. The molecule has 0 aromatic heterocycles. The Balaban J connectivity index is 0.000000801. The number of nitrogens with zero attached hydrogens (tertiary/aromatic N) is 1. The summed E-state index contributed by atoms with van der Waals surface area (Å²) in [7, 11) is 0. The van der Waals surface area contributed by atoms with Crippen LogP contribution in [0.25, 0.3) is 0 Å². The first kappa shape index (κ1) is 36.2. The van der Waals surface area contributed by atoms with E-state index in [1.807, 2.05) is 65.0 Å². The van der Waals surface area contributed by atoms with Crippen LogP contribution in [0.1, 0.15) is 37.5 Å². The molecule has 3 aromatic rings. The minimum Gasteiger partial charge on any atom is -0.444 e. The van der Waals surface area contributed by atoms with Crippen molar-refractivity contribution in [3.8, 4) is 0 Å². The van der Waals surface area contributed by atoms with Crippen molar-refractivity contribution in [2.75, 3.05) is 6.54 Å². The van der Waals surface area contributed by atoms with Crippen molar-refractivity contribution in [2.24, 2.45) is 0 Å². The van der Waals surface area contributed by atoms with Gasteiger partial charge in [-0.15, -0.1) is 11.8 Å². The van der Waals surface area contributed by atoms with Gasteiger partial charge in [0.25, 0.3) is 0 Å². The monoisotopic (exact) mass is 646 g/mol. The Hall–Kier alpha value is -2.24. The first-order chi connectivity index (χ1) is 20.8. The number of aryl methyl sites for hydroxylation is 1. The topological polar surface area (TPSA) is 41.6 Å². The van der Waals surface area contributed by atoms with Crippen molar-refractivity contribution in [3.63, 3.8) is 0 Å². The van der Waals surface area contributed by atoms with Gasteiger partial charge in [0.1, 0.15) is 5.60 Å². The smallest absolute Gasteiger partial charge is 0.444 e. The maximum Gasteiger partial charge on any atom is 2.00 e. The third-order valence-corrected chi connectivity index (χ3v) is 7.81. The fraction of sp³-hybridized carbons (Fsp3) is 0.237. The maximum absolute atomic E-state index is 12.7. The minimum atomic E-state index is -0.555. The molecule has 2 fully saturated rings. The number of rotatable bonds is 10. The summed E-state index contributed by atoms with van der Waals surface area (Å²) >= 11 is 1.76. The largest absolute Gasteiger partial charge is 2.00 e. The second-order valence-corrected chi connectivity index (χ2v) is 12.6. The molecule has 5 rings (SSSR count). The third kappa shape index (κ3) is 12.6. The molecule has 228 valence electrons. The predicted molar refractivity (Wildman–Crippen MR) is 178 cm³/mol. The Morgan fingerprint density at radius 3 is 1.80 bits per heavy atom. The van der Waals surface area contributed by atoms with Gasteiger partial charge in [0, 0.05) is 41.7 Å². The van der Waals surface area contributed by atoms with Gasteiger partial charge >= 0.3 is 23.2 Å². The molecular weight excluding hydrogens is 604 g/mol. The van der Waals surface area contributed by atoms with Gasteiger partial charge in [-0.05, 0) is 102 Å². The maximum atomic E-state index is 12.7. The molecule has 1 N–H and O–H groups in total. The number of alkyl carbamates (subject to hydrolysis) is 1. The van der Waals surface area contributed by atoms with Crippen LogP contribution in [0.4, 0.5) is 4.79 Å². The van der Waals surface area contributed by atoms with Crippen LogP contribution in [0, 0.1) is 69.5 Å². The molecule has 0 bridgehead atoms. The summed E-state index contributed by atoms with van der Waals surface area (Å²) in [5.41, 5.74) is 3.14. The Morgan fingerprint density at radius 1 is 0.773 bits per heavy atom. The van der Waals surface area contributed by atoms with E-state index in [2.05, 4.69) is 109 Å². The van der Waals surface area contributed by atoms with Crippen molar-refractivity contribution in [2.45, 2.75) is 57.3 Å². The molecule has 44 heavy (non-hydrogen) atoms. The molecule has 3 aromatic carbocycles. The molecule has 1 amide bonds. The van der Waals surface area contributed by atoms with Crippen molar-refractivity contribution in [1.29, 1.82) is 0 Å². The van der Waals surface area contributed by atoms with E-state index < -0.39 is 11.7 Å². The van der Waals surface area contributed by atoms with Gasteiger partial charge in [0.05, 0.1) is 0 Å². The van der Waals surface area contributed by atoms with Gasteiger partial charge in [-0.25, -0.2) is 4.79 Å². The van der Waals surface area contributed by atoms with E-state index in [1.54, 1.807) is 11.8 Å². The van der Waals surface area contributed by atoms with Crippen LogP contribution in [-0.4, -0.2) is 29.2 Å². The fourth-order valence-corrected chi connectivity index (χ4v) is 5.68. The van der Waals surface area contributed by atoms with Gasteiger partial charge in [-0.1, -0.05) is 78.4 Å². The Morgan fingerprint density at radius 2 is 1.30 bits per heavy atom. The molecule has 0 heterocycles. The van der Waals surface area contributed by atoms with Gasteiger partial charge in [-0.2, -0.15) is 0 Å². The van der Waals surface area contributed by atoms with Gasteiger partial charge < -0.3 is 10.1 Å². The standard InChI is InChI=1S/C33H37N2O2S.C5H5.Fe/c1-25-18-20-28(21-19-25)38-31-17-11-16-29(31)30(22-34-32(36)37-33(2,3)4)35(23-26-12-7-5-8-13-26)24-27-14-9-6-10-15-27;1-2-4-5-3-1;/h5-21,30H,22-24H2,1-4H3,(H,34,36);1-5H;/q;;+2/t30-;;/m0../s1. The van der Waals surface area contributed by atoms with E-state index >= 15 is 0 Å². The number of carbonyl (C=O) groups excluding carboxylic acids is 1. The van der Waals surface area contributed by atoms with E-state index in [4.69, 9.17) is 4.74 Å².